The van der Waals surface area contributed by atoms with Gasteiger partial charge in [0.05, 0.1) is 17.9 Å². The zero-order valence-electron chi connectivity index (χ0n) is 15.8. The van der Waals surface area contributed by atoms with E-state index in [0.717, 1.165) is 42.3 Å². The molecule has 1 fully saturated rings. The number of nitrogens with zero attached hydrogens (tertiary/aromatic N) is 2. The summed E-state index contributed by atoms with van der Waals surface area (Å²) in [6.45, 7) is 7.83. The Hall–Kier alpha value is -2.24. The van der Waals surface area contributed by atoms with E-state index in [1.54, 1.807) is 0 Å². The third-order valence-corrected chi connectivity index (χ3v) is 5.00. The van der Waals surface area contributed by atoms with Crippen LogP contribution in [0.3, 0.4) is 0 Å². The first-order valence-corrected chi connectivity index (χ1v) is 9.14. The normalized spacial score (nSPS) is 18.4. The number of halogens is 1. The number of hydrogen-bond donors (Lipinski definition) is 1. The number of para-hydroxylation sites is 1. The highest BCUT2D eigenvalue weighted by molar-refractivity contribution is 5.99. The van der Waals surface area contributed by atoms with Gasteiger partial charge in [0.25, 0.3) is 5.91 Å². The molecule has 0 aliphatic carbocycles. The van der Waals surface area contributed by atoms with Gasteiger partial charge in [-0.05, 0) is 31.5 Å². The van der Waals surface area contributed by atoms with Crippen molar-refractivity contribution in [2.75, 3.05) is 36.0 Å². The van der Waals surface area contributed by atoms with Crippen molar-refractivity contribution in [2.24, 2.45) is 0 Å². The summed E-state index contributed by atoms with van der Waals surface area (Å²) < 4.78 is 5.90. The van der Waals surface area contributed by atoms with E-state index < -0.39 is 0 Å². The Morgan fingerprint density at radius 3 is 2.56 bits per heavy atom. The minimum Gasteiger partial charge on any atom is -0.479 e. The van der Waals surface area contributed by atoms with E-state index >= 15 is 0 Å². The first-order chi connectivity index (χ1) is 12.5. The molecule has 0 bridgehead atoms. The highest BCUT2D eigenvalue weighted by atomic mass is 35.5. The van der Waals surface area contributed by atoms with Gasteiger partial charge in [-0.25, -0.2) is 0 Å². The lowest BCUT2D eigenvalue weighted by Crippen LogP contribution is -2.57. The van der Waals surface area contributed by atoms with Crippen LogP contribution >= 0.6 is 12.4 Å². The Morgan fingerprint density at radius 1 is 1.07 bits per heavy atom. The quantitative estimate of drug-likeness (QED) is 0.878. The van der Waals surface area contributed by atoms with E-state index in [0.29, 0.717) is 6.54 Å². The van der Waals surface area contributed by atoms with Crippen molar-refractivity contribution in [2.45, 2.75) is 25.9 Å². The van der Waals surface area contributed by atoms with Gasteiger partial charge in [-0.1, -0.05) is 36.4 Å². The number of amides is 1. The topological polar surface area (TPSA) is 44.8 Å². The van der Waals surface area contributed by atoms with Crippen molar-refractivity contribution in [3.8, 4) is 5.75 Å². The lowest BCUT2D eigenvalue weighted by atomic mass is 10.0. The molecule has 2 aliphatic heterocycles. The molecule has 1 amide bonds. The Balaban J connectivity index is 0.00000210. The molecule has 0 unspecified atom stereocenters. The van der Waals surface area contributed by atoms with Gasteiger partial charge in [-0.15, -0.1) is 12.4 Å². The number of rotatable bonds is 3. The molecule has 2 aromatic carbocycles. The number of hydrogen-bond acceptors (Lipinski definition) is 4. The van der Waals surface area contributed by atoms with Gasteiger partial charge in [-0.3, -0.25) is 4.79 Å². The molecule has 27 heavy (non-hydrogen) atoms. The minimum atomic E-state index is -0.000793. The Bertz CT molecular complexity index is 810. The van der Waals surface area contributed by atoms with Crippen LogP contribution < -0.4 is 19.9 Å². The van der Waals surface area contributed by atoms with E-state index in [1.165, 1.54) is 0 Å². The largest absolute Gasteiger partial charge is 0.479 e. The van der Waals surface area contributed by atoms with Crippen molar-refractivity contribution in [3.63, 3.8) is 0 Å². The van der Waals surface area contributed by atoms with Gasteiger partial charge in [0.1, 0.15) is 0 Å². The second-order valence-electron chi connectivity index (χ2n) is 7.61. The van der Waals surface area contributed by atoms with E-state index in [9.17, 15) is 4.79 Å². The van der Waals surface area contributed by atoms with E-state index in [1.807, 2.05) is 47.4 Å². The number of carbonyl (C=O) groups excluding carboxylic acids is 1. The summed E-state index contributed by atoms with van der Waals surface area (Å²) in [6, 6.07) is 16.2. The zero-order valence-corrected chi connectivity index (χ0v) is 16.6. The molecule has 2 aliphatic rings. The maximum atomic E-state index is 12.5. The number of fused-ring (bicyclic) bond motifs is 1. The summed E-state index contributed by atoms with van der Waals surface area (Å²) in [5, 5.41) is 3.54. The first-order valence-electron chi connectivity index (χ1n) is 9.14. The smallest absolute Gasteiger partial charge is 0.265 e. The third kappa shape index (κ3) is 4.04. The molecular formula is C21H26ClN3O2. The van der Waals surface area contributed by atoms with Crippen LogP contribution in [0, 0.1) is 0 Å². The first kappa shape index (κ1) is 19.5. The summed E-state index contributed by atoms with van der Waals surface area (Å²) in [5.41, 5.74) is 3.10. The van der Waals surface area contributed by atoms with Crippen LogP contribution in [-0.2, 0) is 11.3 Å². The number of anilines is 2. The molecule has 5 nitrogen and oxygen atoms in total. The van der Waals surface area contributed by atoms with Crippen LogP contribution in [0.15, 0.2) is 48.5 Å². The van der Waals surface area contributed by atoms with Gasteiger partial charge in [-0.2, -0.15) is 0 Å². The SMILES string of the molecule is CC1(C)CN(c2cccc3c2OCC(=O)N3Cc2ccccc2)CCN1.Cl. The van der Waals surface area contributed by atoms with Crippen molar-refractivity contribution >= 4 is 29.7 Å². The average molecular weight is 388 g/mol. The van der Waals surface area contributed by atoms with Gasteiger partial charge < -0.3 is 19.9 Å². The summed E-state index contributed by atoms with van der Waals surface area (Å²) in [4.78, 5) is 16.7. The van der Waals surface area contributed by atoms with Gasteiger partial charge in [0, 0.05) is 25.2 Å². The van der Waals surface area contributed by atoms with Crippen molar-refractivity contribution < 1.29 is 9.53 Å². The Kier molecular flexibility index (Phi) is 5.63. The third-order valence-electron chi connectivity index (χ3n) is 5.00. The van der Waals surface area contributed by atoms with Crippen LogP contribution in [0.25, 0.3) is 0 Å². The lowest BCUT2D eigenvalue weighted by molar-refractivity contribution is -0.121. The second-order valence-corrected chi connectivity index (χ2v) is 7.61. The molecule has 4 rings (SSSR count). The zero-order chi connectivity index (χ0) is 18.1. The molecule has 1 N–H and O–H groups in total. The summed E-state index contributed by atoms with van der Waals surface area (Å²) in [7, 11) is 0. The Labute approximate surface area is 166 Å². The predicted molar refractivity (Wildman–Crippen MR) is 111 cm³/mol. The van der Waals surface area contributed by atoms with E-state index in [2.05, 4.69) is 30.1 Å². The van der Waals surface area contributed by atoms with Gasteiger partial charge >= 0.3 is 0 Å². The standard InChI is InChI=1S/C21H25N3O2.ClH/c1-21(2)15-23(12-11-22-21)17-9-6-10-18-20(17)26-14-19(25)24(18)13-16-7-4-3-5-8-16;/h3-10,22H,11-15H2,1-2H3;1H. The van der Waals surface area contributed by atoms with Crippen LogP contribution in [0.5, 0.6) is 5.75 Å². The molecule has 6 heteroatoms. The average Bonchev–Trinajstić information content (AvgIpc) is 2.63. The maximum absolute atomic E-state index is 12.5. The van der Waals surface area contributed by atoms with Crippen molar-refractivity contribution in [3.05, 3.63) is 54.1 Å². The molecule has 0 radical (unpaired) electrons. The number of ether oxygens (including phenoxy) is 1. The monoisotopic (exact) mass is 387 g/mol. The van der Waals surface area contributed by atoms with Crippen molar-refractivity contribution in [1.82, 2.24) is 5.32 Å². The van der Waals surface area contributed by atoms with E-state index in [4.69, 9.17) is 4.74 Å². The number of piperazine rings is 1. The van der Waals surface area contributed by atoms with Crippen LogP contribution in [-0.4, -0.2) is 37.7 Å². The molecule has 0 atom stereocenters. The fraction of sp³-hybridized carbons (Fsp3) is 0.381. The molecule has 0 aromatic heterocycles. The predicted octanol–water partition coefficient (Wildman–Crippen LogP) is 3.22. The summed E-state index contributed by atoms with van der Waals surface area (Å²) >= 11 is 0. The fourth-order valence-electron chi connectivity index (χ4n) is 3.75. The van der Waals surface area contributed by atoms with Gasteiger partial charge in [0.15, 0.2) is 12.4 Å². The van der Waals surface area contributed by atoms with E-state index in [-0.39, 0.29) is 30.5 Å². The highest BCUT2D eigenvalue weighted by Gasteiger charge is 2.32. The van der Waals surface area contributed by atoms with Crippen LogP contribution in [0.4, 0.5) is 11.4 Å². The van der Waals surface area contributed by atoms with Crippen molar-refractivity contribution in [1.29, 1.82) is 0 Å². The summed E-state index contributed by atoms with van der Waals surface area (Å²) in [6.07, 6.45) is 0. The molecule has 144 valence electrons. The van der Waals surface area contributed by atoms with Gasteiger partial charge in [0.2, 0.25) is 0 Å². The Morgan fingerprint density at radius 2 is 1.81 bits per heavy atom. The maximum Gasteiger partial charge on any atom is 0.265 e. The number of benzene rings is 2. The number of carbonyl (C=O) groups is 1. The molecule has 2 heterocycles. The molecule has 0 saturated carbocycles. The van der Waals surface area contributed by atoms with Crippen LogP contribution in [0.1, 0.15) is 19.4 Å². The minimum absolute atomic E-state index is 0. The highest BCUT2D eigenvalue weighted by Crippen LogP contribution is 2.41. The number of nitrogens with one attached hydrogen (secondary N) is 1. The molecule has 0 spiro atoms. The molecule has 2 aromatic rings. The second kappa shape index (κ2) is 7.79. The van der Waals surface area contributed by atoms with Crippen LogP contribution in [0.2, 0.25) is 0 Å². The molecule has 1 saturated heterocycles. The fourth-order valence-corrected chi connectivity index (χ4v) is 3.75. The molecular weight excluding hydrogens is 362 g/mol. The summed E-state index contributed by atoms with van der Waals surface area (Å²) in [5.74, 6) is 0.819. The lowest BCUT2D eigenvalue weighted by Gasteiger charge is -2.42.